The number of hydrogen-bond donors (Lipinski definition) is 1. The van der Waals surface area contributed by atoms with Gasteiger partial charge >= 0.3 is 5.97 Å². The van der Waals surface area contributed by atoms with Gasteiger partial charge in [-0.25, -0.2) is 4.79 Å². The molecule has 3 heteroatoms. The average molecular weight is 313 g/mol. The molecule has 0 amide bonds. The Bertz CT molecular complexity index is 956. The van der Waals surface area contributed by atoms with Gasteiger partial charge in [0.05, 0.1) is 11.3 Å². The first kappa shape index (κ1) is 14.4. The molecule has 0 unspecified atom stereocenters. The van der Waals surface area contributed by atoms with Gasteiger partial charge in [0.2, 0.25) is 0 Å². The SMILES string of the molecule is O=C(O)c1ccc(N=Cc2ccc3c(c2)Cc2ccccc2-3)cc1. The van der Waals surface area contributed by atoms with Crippen molar-refractivity contribution in [3.8, 4) is 11.1 Å². The zero-order valence-electron chi connectivity index (χ0n) is 12.9. The molecule has 0 heterocycles. The van der Waals surface area contributed by atoms with Crippen LogP contribution in [0.4, 0.5) is 5.69 Å². The zero-order chi connectivity index (χ0) is 16.5. The van der Waals surface area contributed by atoms with E-state index in [2.05, 4.69) is 47.5 Å². The highest BCUT2D eigenvalue weighted by Gasteiger charge is 2.17. The minimum Gasteiger partial charge on any atom is -0.478 e. The van der Waals surface area contributed by atoms with Gasteiger partial charge < -0.3 is 5.11 Å². The summed E-state index contributed by atoms with van der Waals surface area (Å²) in [7, 11) is 0. The molecule has 0 radical (unpaired) electrons. The highest BCUT2D eigenvalue weighted by molar-refractivity contribution is 5.89. The molecule has 1 N–H and O–H groups in total. The van der Waals surface area contributed by atoms with E-state index in [-0.39, 0.29) is 5.56 Å². The monoisotopic (exact) mass is 313 g/mol. The Balaban J connectivity index is 1.58. The van der Waals surface area contributed by atoms with Crippen LogP contribution >= 0.6 is 0 Å². The lowest BCUT2D eigenvalue weighted by molar-refractivity contribution is 0.0697. The topological polar surface area (TPSA) is 49.7 Å². The van der Waals surface area contributed by atoms with Gasteiger partial charge in [-0.2, -0.15) is 0 Å². The molecular formula is C21H15NO2. The first-order chi connectivity index (χ1) is 11.7. The molecule has 3 aromatic rings. The molecule has 3 nitrogen and oxygen atoms in total. The number of carbonyl (C=O) groups is 1. The summed E-state index contributed by atoms with van der Waals surface area (Å²) in [5.41, 5.74) is 7.36. The van der Waals surface area contributed by atoms with Crippen LogP contribution in [0.2, 0.25) is 0 Å². The number of hydrogen-bond acceptors (Lipinski definition) is 2. The molecule has 0 aromatic heterocycles. The van der Waals surface area contributed by atoms with E-state index >= 15 is 0 Å². The van der Waals surface area contributed by atoms with Crippen LogP contribution in [0.3, 0.4) is 0 Å². The van der Waals surface area contributed by atoms with Crippen LogP contribution in [-0.2, 0) is 6.42 Å². The maximum atomic E-state index is 10.9. The van der Waals surface area contributed by atoms with Crippen LogP contribution in [0.25, 0.3) is 11.1 Å². The molecule has 0 saturated heterocycles. The van der Waals surface area contributed by atoms with Crippen LogP contribution in [0.15, 0.2) is 71.7 Å². The fourth-order valence-electron chi connectivity index (χ4n) is 3.08. The number of aromatic carboxylic acids is 1. The van der Waals surface area contributed by atoms with Gasteiger partial charge in [-0.3, -0.25) is 4.99 Å². The number of carboxylic acids is 1. The summed E-state index contributed by atoms with van der Waals surface area (Å²) >= 11 is 0. The summed E-state index contributed by atoms with van der Waals surface area (Å²) in [4.78, 5) is 15.3. The first-order valence-electron chi connectivity index (χ1n) is 7.79. The molecule has 116 valence electrons. The number of benzene rings is 3. The number of nitrogens with zero attached hydrogens (tertiary/aromatic N) is 1. The highest BCUT2D eigenvalue weighted by Crippen LogP contribution is 2.36. The number of rotatable bonds is 3. The van der Waals surface area contributed by atoms with Crippen LogP contribution in [0, 0.1) is 0 Å². The predicted octanol–water partition coefficient (Wildman–Crippen LogP) is 4.71. The second kappa shape index (κ2) is 5.78. The third-order valence-corrected chi connectivity index (χ3v) is 4.29. The van der Waals surface area contributed by atoms with E-state index in [1.807, 2.05) is 6.21 Å². The molecule has 1 aliphatic carbocycles. The maximum Gasteiger partial charge on any atom is 0.335 e. The van der Waals surface area contributed by atoms with Crippen molar-refractivity contribution in [2.24, 2.45) is 4.99 Å². The Hall–Kier alpha value is -3.20. The Morgan fingerprint density at radius 3 is 2.46 bits per heavy atom. The minimum absolute atomic E-state index is 0.268. The Morgan fingerprint density at radius 1 is 0.917 bits per heavy atom. The second-order valence-corrected chi connectivity index (χ2v) is 5.86. The molecular weight excluding hydrogens is 298 g/mol. The van der Waals surface area contributed by atoms with Crippen molar-refractivity contribution in [1.82, 2.24) is 0 Å². The van der Waals surface area contributed by atoms with E-state index in [9.17, 15) is 4.79 Å². The third-order valence-electron chi connectivity index (χ3n) is 4.29. The third kappa shape index (κ3) is 2.61. The summed E-state index contributed by atoms with van der Waals surface area (Å²) in [6, 6.07) is 21.4. The minimum atomic E-state index is -0.927. The highest BCUT2D eigenvalue weighted by atomic mass is 16.4. The van der Waals surface area contributed by atoms with Gasteiger partial charge in [-0.15, -0.1) is 0 Å². The molecule has 1 aliphatic rings. The molecule has 0 spiro atoms. The van der Waals surface area contributed by atoms with Crippen LogP contribution in [0.5, 0.6) is 0 Å². The van der Waals surface area contributed by atoms with E-state index in [0.717, 1.165) is 17.7 Å². The van der Waals surface area contributed by atoms with Crippen molar-refractivity contribution in [3.63, 3.8) is 0 Å². The molecule has 0 fully saturated rings. The van der Waals surface area contributed by atoms with Crippen molar-refractivity contribution in [2.45, 2.75) is 6.42 Å². The maximum absolute atomic E-state index is 10.9. The van der Waals surface area contributed by atoms with Crippen molar-refractivity contribution in [1.29, 1.82) is 0 Å². The summed E-state index contributed by atoms with van der Waals surface area (Å²) < 4.78 is 0. The Morgan fingerprint density at radius 2 is 1.67 bits per heavy atom. The van der Waals surface area contributed by atoms with E-state index in [1.54, 1.807) is 24.3 Å². The van der Waals surface area contributed by atoms with Crippen molar-refractivity contribution in [3.05, 3.63) is 89.0 Å². The van der Waals surface area contributed by atoms with Gasteiger partial charge in [-0.1, -0.05) is 36.4 Å². The summed E-state index contributed by atoms with van der Waals surface area (Å²) in [5, 5.41) is 8.91. The zero-order valence-corrected chi connectivity index (χ0v) is 12.9. The number of aliphatic imine (C=N–C) groups is 1. The normalized spacial score (nSPS) is 12.2. The second-order valence-electron chi connectivity index (χ2n) is 5.86. The van der Waals surface area contributed by atoms with E-state index < -0.39 is 5.97 Å². The van der Waals surface area contributed by atoms with Crippen molar-refractivity contribution in [2.75, 3.05) is 0 Å². The van der Waals surface area contributed by atoms with Crippen molar-refractivity contribution >= 4 is 17.9 Å². The average Bonchev–Trinajstić information content (AvgIpc) is 2.98. The number of carboxylic acid groups (broad SMARTS) is 1. The van der Waals surface area contributed by atoms with Gasteiger partial charge in [0.15, 0.2) is 0 Å². The van der Waals surface area contributed by atoms with Gasteiger partial charge in [-0.05, 0) is 64.6 Å². The molecule has 0 aliphatic heterocycles. The lowest BCUT2D eigenvalue weighted by atomic mass is 10.0. The largest absolute Gasteiger partial charge is 0.478 e. The quantitative estimate of drug-likeness (QED) is 0.557. The molecule has 0 atom stereocenters. The Kier molecular flexibility index (Phi) is 3.47. The molecule has 24 heavy (non-hydrogen) atoms. The van der Waals surface area contributed by atoms with Crippen LogP contribution in [-0.4, -0.2) is 17.3 Å². The van der Waals surface area contributed by atoms with Gasteiger partial charge in [0.1, 0.15) is 0 Å². The summed E-state index contributed by atoms with van der Waals surface area (Å²) in [6.45, 7) is 0. The van der Waals surface area contributed by atoms with E-state index in [4.69, 9.17) is 5.11 Å². The number of fused-ring (bicyclic) bond motifs is 3. The van der Waals surface area contributed by atoms with Gasteiger partial charge in [0, 0.05) is 6.21 Å². The fraction of sp³-hybridized carbons (Fsp3) is 0.0476. The molecule has 4 rings (SSSR count). The molecule has 0 saturated carbocycles. The Labute approximate surface area is 139 Å². The fourth-order valence-corrected chi connectivity index (χ4v) is 3.08. The van der Waals surface area contributed by atoms with Crippen LogP contribution < -0.4 is 0 Å². The molecule has 3 aromatic carbocycles. The van der Waals surface area contributed by atoms with Gasteiger partial charge in [0.25, 0.3) is 0 Å². The van der Waals surface area contributed by atoms with E-state index in [1.165, 1.54) is 22.3 Å². The predicted molar refractivity (Wildman–Crippen MR) is 95.3 cm³/mol. The van der Waals surface area contributed by atoms with Crippen LogP contribution in [0.1, 0.15) is 27.0 Å². The lowest BCUT2D eigenvalue weighted by Crippen LogP contribution is -1.94. The lowest BCUT2D eigenvalue weighted by Gasteiger charge is -2.02. The van der Waals surface area contributed by atoms with Crippen molar-refractivity contribution < 1.29 is 9.90 Å². The molecule has 0 bridgehead atoms. The smallest absolute Gasteiger partial charge is 0.335 e. The first-order valence-corrected chi connectivity index (χ1v) is 7.79. The summed E-state index contributed by atoms with van der Waals surface area (Å²) in [6.07, 6.45) is 2.78. The summed E-state index contributed by atoms with van der Waals surface area (Å²) in [5.74, 6) is -0.927. The van der Waals surface area contributed by atoms with E-state index in [0.29, 0.717) is 0 Å². The standard InChI is InChI=1S/C21H15NO2/c23-21(24)15-6-8-18(9-7-15)22-13-14-5-10-20-17(11-14)12-16-3-1-2-4-19(16)20/h1-11,13H,12H2,(H,23,24).